The molecule has 8 heteroatoms. The van der Waals surface area contributed by atoms with Gasteiger partial charge in [0, 0.05) is 18.9 Å². The first-order valence-corrected chi connectivity index (χ1v) is 6.01. The van der Waals surface area contributed by atoms with E-state index in [9.17, 15) is 15.3 Å². The van der Waals surface area contributed by atoms with E-state index < -0.39 is 37.3 Å². The van der Waals surface area contributed by atoms with Gasteiger partial charge in [0.05, 0.1) is 19.5 Å². The second-order valence-corrected chi connectivity index (χ2v) is 4.37. The molecule has 1 aliphatic heterocycles. The van der Waals surface area contributed by atoms with E-state index >= 15 is 0 Å². The molecule has 2 heterocycles. The van der Waals surface area contributed by atoms with E-state index in [2.05, 4.69) is 4.98 Å². The van der Waals surface area contributed by atoms with Crippen molar-refractivity contribution in [2.24, 2.45) is 0 Å². The maximum absolute atomic E-state index is 9.72. The molecule has 1 aromatic heterocycles. The highest BCUT2D eigenvalue weighted by Crippen LogP contribution is 2.21. The number of hydrogen-bond donors (Lipinski definition) is 4. The quantitative estimate of drug-likeness (QED) is 0.477. The maximum atomic E-state index is 9.72. The van der Waals surface area contributed by atoms with Crippen LogP contribution >= 0.6 is 0 Å². The lowest BCUT2D eigenvalue weighted by atomic mass is 9.99. The van der Waals surface area contributed by atoms with Crippen LogP contribution in [0.2, 0.25) is 0 Å². The van der Waals surface area contributed by atoms with E-state index in [-0.39, 0.29) is 6.61 Å². The molecule has 0 aromatic carbocycles. The number of nitrogens with zero attached hydrogens (tertiary/aromatic N) is 2. The Morgan fingerprint density at radius 3 is 2.63 bits per heavy atom. The van der Waals surface area contributed by atoms with Crippen molar-refractivity contribution in [2.45, 2.75) is 37.3 Å². The fraction of sp³-hybridized carbons (Fsp3) is 0.727. The molecule has 1 aliphatic rings. The van der Waals surface area contributed by atoms with E-state index in [0.717, 1.165) is 0 Å². The summed E-state index contributed by atoms with van der Waals surface area (Å²) in [5.74, 6) is 0. The van der Waals surface area contributed by atoms with E-state index in [1.165, 1.54) is 0 Å². The summed E-state index contributed by atoms with van der Waals surface area (Å²) in [6.07, 6.45) is -1.16. The van der Waals surface area contributed by atoms with Gasteiger partial charge in [-0.05, 0) is 0 Å². The van der Waals surface area contributed by atoms with Crippen LogP contribution in [0.25, 0.3) is 0 Å². The molecule has 0 radical (unpaired) electrons. The Labute approximate surface area is 109 Å². The lowest BCUT2D eigenvalue weighted by Crippen LogP contribution is -2.59. The highest BCUT2D eigenvalue weighted by molar-refractivity contribution is 4.88. The molecule has 0 spiro atoms. The molecule has 1 saturated heterocycles. The van der Waals surface area contributed by atoms with E-state index in [1.54, 1.807) is 23.3 Å². The van der Waals surface area contributed by atoms with Gasteiger partial charge in [-0.25, -0.2) is 4.98 Å². The van der Waals surface area contributed by atoms with Gasteiger partial charge in [0.2, 0.25) is 0 Å². The van der Waals surface area contributed by atoms with Crippen molar-refractivity contribution in [3.63, 3.8) is 0 Å². The van der Waals surface area contributed by atoms with Crippen molar-refractivity contribution in [1.82, 2.24) is 9.55 Å². The summed E-state index contributed by atoms with van der Waals surface area (Å²) in [5.41, 5.74) is 0. The molecule has 0 amide bonds. The number of aliphatic hydroxyl groups excluding tert-OH is 4. The molecule has 0 aliphatic carbocycles. The fourth-order valence-corrected chi connectivity index (χ4v) is 1.90. The Hall–Kier alpha value is -1.03. The average molecular weight is 274 g/mol. The number of aromatic nitrogens is 2. The highest BCUT2D eigenvalue weighted by atomic mass is 16.7. The summed E-state index contributed by atoms with van der Waals surface area (Å²) in [7, 11) is 0. The van der Waals surface area contributed by atoms with Crippen LogP contribution in [0.5, 0.6) is 0 Å². The first-order chi connectivity index (χ1) is 9.13. The SMILES string of the molecule is OCC1O[C@@H](OCCn2ccnc2)C(O)C(O)[C@@H]1O. The molecule has 19 heavy (non-hydrogen) atoms. The standard InChI is InChI=1S/C11H18N2O6/c14-5-7-8(15)9(16)10(17)11(19-7)18-4-3-13-2-1-12-6-13/h1-2,6-11,14-17H,3-5H2/t7?,8-,9?,10?,11-/m1/s1. The van der Waals surface area contributed by atoms with Gasteiger partial charge in [-0.15, -0.1) is 0 Å². The average Bonchev–Trinajstić information content (AvgIpc) is 2.92. The van der Waals surface area contributed by atoms with Crippen LogP contribution in [0.3, 0.4) is 0 Å². The first-order valence-electron chi connectivity index (χ1n) is 6.01. The second kappa shape index (κ2) is 6.42. The van der Waals surface area contributed by atoms with E-state index in [4.69, 9.17) is 14.6 Å². The Morgan fingerprint density at radius 1 is 1.21 bits per heavy atom. The molecule has 3 unspecified atom stereocenters. The van der Waals surface area contributed by atoms with Crippen LogP contribution in [0.1, 0.15) is 0 Å². The van der Waals surface area contributed by atoms with Gasteiger partial charge >= 0.3 is 0 Å². The van der Waals surface area contributed by atoms with Crippen molar-refractivity contribution in [3.8, 4) is 0 Å². The third kappa shape index (κ3) is 3.30. The maximum Gasteiger partial charge on any atom is 0.186 e. The normalized spacial score (nSPS) is 35.5. The molecule has 2 rings (SSSR count). The molecular formula is C11H18N2O6. The van der Waals surface area contributed by atoms with Crippen LogP contribution in [0.4, 0.5) is 0 Å². The van der Waals surface area contributed by atoms with Crippen LogP contribution < -0.4 is 0 Å². The summed E-state index contributed by atoms with van der Waals surface area (Å²) >= 11 is 0. The van der Waals surface area contributed by atoms with Gasteiger partial charge in [0.25, 0.3) is 0 Å². The molecule has 8 nitrogen and oxygen atoms in total. The zero-order valence-corrected chi connectivity index (χ0v) is 10.2. The third-order valence-electron chi connectivity index (χ3n) is 3.04. The second-order valence-electron chi connectivity index (χ2n) is 4.37. The van der Waals surface area contributed by atoms with Crippen molar-refractivity contribution < 1.29 is 29.9 Å². The Bertz CT molecular complexity index is 371. The molecule has 108 valence electrons. The van der Waals surface area contributed by atoms with Gasteiger partial charge < -0.3 is 34.5 Å². The van der Waals surface area contributed by atoms with Crippen molar-refractivity contribution in [2.75, 3.05) is 13.2 Å². The van der Waals surface area contributed by atoms with Crippen molar-refractivity contribution in [3.05, 3.63) is 18.7 Å². The van der Waals surface area contributed by atoms with Crippen LogP contribution in [-0.4, -0.2) is 73.9 Å². The monoisotopic (exact) mass is 274 g/mol. The van der Waals surface area contributed by atoms with Gasteiger partial charge in [-0.2, -0.15) is 0 Å². The minimum Gasteiger partial charge on any atom is -0.394 e. The number of ether oxygens (including phenoxy) is 2. The molecule has 1 aromatic rings. The van der Waals surface area contributed by atoms with Gasteiger partial charge in [0.15, 0.2) is 6.29 Å². The van der Waals surface area contributed by atoms with Gasteiger partial charge in [-0.1, -0.05) is 0 Å². The van der Waals surface area contributed by atoms with Crippen LogP contribution in [-0.2, 0) is 16.0 Å². The smallest absolute Gasteiger partial charge is 0.186 e. The van der Waals surface area contributed by atoms with Crippen LogP contribution in [0, 0.1) is 0 Å². The number of aliphatic hydroxyl groups is 4. The number of imidazole rings is 1. The molecular weight excluding hydrogens is 256 g/mol. The lowest BCUT2D eigenvalue weighted by molar-refractivity contribution is -0.301. The predicted molar refractivity (Wildman–Crippen MR) is 61.9 cm³/mol. The topological polar surface area (TPSA) is 117 Å². The molecule has 1 fully saturated rings. The molecule has 4 N–H and O–H groups in total. The third-order valence-corrected chi connectivity index (χ3v) is 3.04. The summed E-state index contributed by atoms with van der Waals surface area (Å²) in [6, 6.07) is 0. The zero-order chi connectivity index (χ0) is 13.8. The van der Waals surface area contributed by atoms with Gasteiger partial charge in [-0.3, -0.25) is 0 Å². The van der Waals surface area contributed by atoms with Crippen molar-refractivity contribution >= 4 is 0 Å². The van der Waals surface area contributed by atoms with Crippen LogP contribution in [0.15, 0.2) is 18.7 Å². The summed E-state index contributed by atoms with van der Waals surface area (Å²) < 4.78 is 12.3. The number of hydrogen-bond acceptors (Lipinski definition) is 7. The largest absolute Gasteiger partial charge is 0.394 e. The molecule has 0 saturated carbocycles. The highest BCUT2D eigenvalue weighted by Gasteiger charge is 2.43. The fourth-order valence-electron chi connectivity index (χ4n) is 1.90. The minimum absolute atomic E-state index is 0.235. The summed E-state index contributed by atoms with van der Waals surface area (Å²) in [4.78, 5) is 3.87. The van der Waals surface area contributed by atoms with Gasteiger partial charge in [0.1, 0.15) is 24.4 Å². The predicted octanol–water partition coefficient (Wildman–Crippen LogP) is -2.30. The zero-order valence-electron chi connectivity index (χ0n) is 10.2. The van der Waals surface area contributed by atoms with Crippen molar-refractivity contribution in [1.29, 1.82) is 0 Å². The van der Waals surface area contributed by atoms with E-state index in [1.807, 2.05) is 0 Å². The summed E-state index contributed by atoms with van der Waals surface area (Å²) in [6.45, 7) is 0.278. The lowest BCUT2D eigenvalue weighted by Gasteiger charge is -2.39. The Kier molecular flexibility index (Phi) is 4.86. The Balaban J connectivity index is 1.84. The first kappa shape index (κ1) is 14.4. The Morgan fingerprint density at radius 2 is 2.00 bits per heavy atom. The minimum atomic E-state index is -1.41. The molecule has 5 atom stereocenters. The van der Waals surface area contributed by atoms with E-state index in [0.29, 0.717) is 6.54 Å². The summed E-state index contributed by atoms with van der Waals surface area (Å²) in [5, 5.41) is 37.9. The molecule has 0 bridgehead atoms. The number of rotatable bonds is 5.